The van der Waals surface area contributed by atoms with Crippen molar-refractivity contribution in [1.29, 1.82) is 0 Å². The van der Waals surface area contributed by atoms with E-state index in [0.717, 1.165) is 0 Å². The van der Waals surface area contributed by atoms with Crippen molar-refractivity contribution in [1.82, 2.24) is 29.5 Å². The molecule has 0 unspecified atom stereocenters. The number of rotatable bonds is 9. The van der Waals surface area contributed by atoms with Gasteiger partial charge in [-0.05, 0) is 37.3 Å². The molecular weight excluding hydrogens is 544 g/mol. The van der Waals surface area contributed by atoms with Gasteiger partial charge in [0.15, 0.2) is 27.3 Å². The molecule has 0 fully saturated rings. The quantitative estimate of drug-likeness (QED) is 0.254. The molecule has 1 aromatic carbocycles. The van der Waals surface area contributed by atoms with E-state index in [1.807, 2.05) is 6.92 Å². The van der Waals surface area contributed by atoms with Gasteiger partial charge in [-0.1, -0.05) is 29.8 Å². The van der Waals surface area contributed by atoms with Gasteiger partial charge in [0.2, 0.25) is 15.7 Å². The minimum absolute atomic E-state index is 0.0346. The third-order valence-corrected chi connectivity index (χ3v) is 7.51. The van der Waals surface area contributed by atoms with E-state index in [2.05, 4.69) is 24.9 Å². The second-order valence-corrected chi connectivity index (χ2v) is 10.4. The van der Waals surface area contributed by atoms with Crippen LogP contribution in [0.2, 0.25) is 5.15 Å². The van der Waals surface area contributed by atoms with Crippen LogP contribution in [0.5, 0.6) is 17.4 Å². The zero-order valence-electron chi connectivity index (χ0n) is 21.2. The lowest BCUT2D eigenvalue weighted by Crippen LogP contribution is -2.10. The van der Waals surface area contributed by atoms with Crippen LogP contribution in [0.15, 0.2) is 65.8 Å². The average Bonchev–Trinajstić information content (AvgIpc) is 3.31. The first kappa shape index (κ1) is 26.3. The van der Waals surface area contributed by atoms with E-state index in [9.17, 15) is 8.42 Å². The number of nitrogens with zero attached hydrogens (tertiary/aromatic N) is 6. The van der Waals surface area contributed by atoms with Gasteiger partial charge in [0.1, 0.15) is 28.6 Å². The Hall–Kier alpha value is -4.29. The molecule has 13 heteroatoms. The molecule has 0 amide bonds. The van der Waals surface area contributed by atoms with Crippen molar-refractivity contribution in [2.24, 2.45) is 0 Å². The summed E-state index contributed by atoms with van der Waals surface area (Å²) < 4.78 is 44.7. The van der Waals surface area contributed by atoms with Gasteiger partial charge in [-0.25, -0.2) is 33.3 Å². The van der Waals surface area contributed by atoms with Gasteiger partial charge in [-0.3, -0.25) is 4.57 Å². The van der Waals surface area contributed by atoms with E-state index in [0.29, 0.717) is 41.2 Å². The summed E-state index contributed by atoms with van der Waals surface area (Å²) >= 11 is 6.44. The number of fused-ring (bicyclic) bond motifs is 1. The number of halogens is 1. The Morgan fingerprint density at radius 2 is 1.64 bits per heavy atom. The number of hydrogen-bond donors (Lipinski definition) is 0. The second-order valence-electron chi connectivity index (χ2n) is 8.11. The fourth-order valence-electron chi connectivity index (χ4n) is 3.99. The Labute approximate surface area is 229 Å². The fraction of sp³-hybridized carbons (Fsp3) is 0.192. The summed E-state index contributed by atoms with van der Waals surface area (Å²) in [5.41, 5.74) is 1.36. The number of pyridine rings is 2. The highest BCUT2D eigenvalue weighted by atomic mass is 35.5. The highest BCUT2D eigenvalue weighted by Gasteiger charge is 2.27. The molecule has 0 saturated heterocycles. The number of imidazole rings is 1. The number of methoxy groups -OCH3 is 2. The van der Waals surface area contributed by atoms with Crippen LogP contribution in [0, 0.1) is 0 Å². The Kier molecular flexibility index (Phi) is 7.31. The molecule has 39 heavy (non-hydrogen) atoms. The molecule has 0 N–H and O–H groups in total. The molecule has 5 rings (SSSR count). The summed E-state index contributed by atoms with van der Waals surface area (Å²) in [7, 11) is -0.818. The van der Waals surface area contributed by atoms with Crippen molar-refractivity contribution >= 4 is 32.7 Å². The summed E-state index contributed by atoms with van der Waals surface area (Å²) in [6.45, 7) is 2.29. The summed E-state index contributed by atoms with van der Waals surface area (Å²) in [6.07, 6.45) is 1.40. The Morgan fingerprint density at radius 1 is 0.897 bits per heavy atom. The summed E-state index contributed by atoms with van der Waals surface area (Å²) in [5, 5.41) is -0.193. The van der Waals surface area contributed by atoms with Crippen LogP contribution in [0.4, 0.5) is 0 Å². The number of aromatic nitrogens is 6. The SMILES string of the molecule is CCOc1cccc(-c2nc3nc(Cl)c(CS(=O)(=O)c4ccccn4)nc3n2-c2c(OC)cccc2OC)n1. The lowest BCUT2D eigenvalue weighted by molar-refractivity contribution is 0.327. The normalized spacial score (nSPS) is 11.5. The van der Waals surface area contributed by atoms with Crippen LogP contribution in [0.3, 0.4) is 0 Å². The number of para-hydroxylation sites is 1. The smallest absolute Gasteiger partial charge is 0.213 e. The number of benzene rings is 1. The van der Waals surface area contributed by atoms with E-state index in [1.54, 1.807) is 53.1 Å². The molecule has 0 spiro atoms. The van der Waals surface area contributed by atoms with Crippen molar-refractivity contribution in [3.63, 3.8) is 0 Å². The van der Waals surface area contributed by atoms with E-state index >= 15 is 0 Å². The molecular formula is C26H23ClN6O5S. The predicted molar refractivity (Wildman–Crippen MR) is 144 cm³/mol. The molecule has 0 aliphatic rings. The van der Waals surface area contributed by atoms with Crippen LogP contribution in [-0.4, -0.2) is 58.7 Å². The fourth-order valence-corrected chi connectivity index (χ4v) is 5.47. The third kappa shape index (κ3) is 5.08. The topological polar surface area (TPSA) is 131 Å². The molecule has 0 aliphatic carbocycles. The second kappa shape index (κ2) is 10.8. The lowest BCUT2D eigenvalue weighted by Gasteiger charge is -2.16. The van der Waals surface area contributed by atoms with Crippen molar-refractivity contribution in [3.05, 3.63) is 71.6 Å². The molecule has 5 aromatic rings. The van der Waals surface area contributed by atoms with Crippen molar-refractivity contribution < 1.29 is 22.6 Å². The zero-order valence-corrected chi connectivity index (χ0v) is 22.8. The van der Waals surface area contributed by atoms with Crippen LogP contribution in [-0.2, 0) is 15.6 Å². The van der Waals surface area contributed by atoms with Crippen LogP contribution in [0.25, 0.3) is 28.5 Å². The largest absolute Gasteiger partial charge is 0.494 e. The van der Waals surface area contributed by atoms with Gasteiger partial charge < -0.3 is 14.2 Å². The van der Waals surface area contributed by atoms with Gasteiger partial charge in [0.05, 0.1) is 26.5 Å². The predicted octanol–water partition coefficient (Wildman–Crippen LogP) is 4.32. The standard InChI is InChI=1S/C26H23ClN6O5S/c1-4-38-20-12-7-9-16(29-20)25-32-24-26(33(25)22-18(36-2)10-8-11-19(22)37-3)30-17(23(27)31-24)15-39(34,35)21-13-5-6-14-28-21/h5-14H,4,15H2,1-3H3. The van der Waals surface area contributed by atoms with Gasteiger partial charge >= 0.3 is 0 Å². The first-order valence-corrected chi connectivity index (χ1v) is 13.8. The number of ether oxygens (including phenoxy) is 3. The molecule has 0 bridgehead atoms. The van der Waals surface area contributed by atoms with Gasteiger partial charge in [0.25, 0.3) is 0 Å². The average molecular weight is 567 g/mol. The summed E-state index contributed by atoms with van der Waals surface area (Å²) in [6, 6.07) is 15.2. The lowest BCUT2D eigenvalue weighted by atomic mass is 10.2. The third-order valence-electron chi connectivity index (χ3n) is 5.67. The van der Waals surface area contributed by atoms with Crippen LogP contribution >= 0.6 is 11.6 Å². The molecule has 11 nitrogen and oxygen atoms in total. The molecule has 0 saturated carbocycles. The zero-order chi connectivity index (χ0) is 27.6. The summed E-state index contributed by atoms with van der Waals surface area (Å²) in [4.78, 5) is 22.3. The van der Waals surface area contributed by atoms with E-state index in [-0.39, 0.29) is 27.2 Å². The van der Waals surface area contributed by atoms with Gasteiger partial charge in [-0.15, -0.1) is 0 Å². The van der Waals surface area contributed by atoms with Crippen molar-refractivity contribution in [2.45, 2.75) is 17.7 Å². The highest BCUT2D eigenvalue weighted by molar-refractivity contribution is 7.90. The first-order valence-electron chi connectivity index (χ1n) is 11.8. The van der Waals surface area contributed by atoms with E-state index in [1.165, 1.54) is 26.5 Å². The maximum absolute atomic E-state index is 13.1. The van der Waals surface area contributed by atoms with Crippen molar-refractivity contribution in [2.75, 3.05) is 20.8 Å². The maximum atomic E-state index is 13.1. The monoisotopic (exact) mass is 566 g/mol. The minimum Gasteiger partial charge on any atom is -0.494 e. The number of hydrogen-bond acceptors (Lipinski definition) is 10. The van der Waals surface area contributed by atoms with Crippen molar-refractivity contribution in [3.8, 4) is 34.6 Å². The van der Waals surface area contributed by atoms with Gasteiger partial charge in [0, 0.05) is 12.3 Å². The molecule has 0 radical (unpaired) electrons. The maximum Gasteiger partial charge on any atom is 0.213 e. The Morgan fingerprint density at radius 3 is 2.31 bits per heavy atom. The van der Waals surface area contributed by atoms with E-state index < -0.39 is 15.6 Å². The minimum atomic E-state index is -3.87. The molecule has 4 aromatic heterocycles. The molecule has 4 heterocycles. The Balaban J connectivity index is 1.78. The molecule has 200 valence electrons. The van der Waals surface area contributed by atoms with E-state index in [4.69, 9.17) is 25.8 Å². The van der Waals surface area contributed by atoms with Crippen LogP contribution < -0.4 is 14.2 Å². The molecule has 0 aliphatic heterocycles. The highest BCUT2D eigenvalue weighted by Crippen LogP contribution is 2.38. The number of sulfone groups is 1. The van der Waals surface area contributed by atoms with Crippen LogP contribution in [0.1, 0.15) is 12.6 Å². The molecule has 0 atom stereocenters. The van der Waals surface area contributed by atoms with Gasteiger partial charge in [-0.2, -0.15) is 0 Å². The Bertz CT molecular complexity index is 1740. The first-order chi connectivity index (χ1) is 18.9. The summed E-state index contributed by atoms with van der Waals surface area (Å²) in [5.74, 6) is 1.13.